The molecule has 2 atom stereocenters. The number of nitrogens with zero attached hydrogens (tertiary/aromatic N) is 2. The molecule has 12 heteroatoms. The van der Waals surface area contributed by atoms with Gasteiger partial charge in [-0.15, -0.1) is 0 Å². The molecule has 0 fully saturated rings. The quantitative estimate of drug-likeness (QED) is 0.0715. The van der Waals surface area contributed by atoms with Crippen molar-refractivity contribution in [3.63, 3.8) is 0 Å². The predicted octanol–water partition coefficient (Wildman–Crippen LogP) is 8.59. The molecule has 6 rings (SSSR count). The van der Waals surface area contributed by atoms with Gasteiger partial charge < -0.3 is 38.0 Å². The van der Waals surface area contributed by atoms with Crippen LogP contribution >= 0.6 is 0 Å². The molecule has 0 radical (unpaired) electrons. The van der Waals surface area contributed by atoms with E-state index in [1.54, 1.807) is 13.8 Å². The fourth-order valence-electron chi connectivity index (χ4n) is 6.42. The second-order valence-electron chi connectivity index (χ2n) is 13.7. The first-order valence-electron chi connectivity index (χ1n) is 19.4. The number of aryl methyl sites for hydroxylation is 2. The Labute approximate surface area is 337 Å². The van der Waals surface area contributed by atoms with Crippen LogP contribution in [0.3, 0.4) is 0 Å². The predicted molar refractivity (Wildman–Crippen MR) is 217 cm³/mol. The Bertz CT molecular complexity index is 2080. The van der Waals surface area contributed by atoms with E-state index in [9.17, 15) is 19.8 Å². The van der Waals surface area contributed by atoms with E-state index in [2.05, 4.69) is 0 Å². The number of carboxylic acid groups (broad SMARTS) is 2. The minimum absolute atomic E-state index is 0.289. The maximum atomic E-state index is 11.4. The lowest BCUT2D eigenvalue weighted by molar-refractivity contribution is -0.150. The minimum Gasteiger partial charge on any atom is -0.493 e. The number of hydrogen-bond acceptors (Lipinski definition) is 10. The number of aromatic nitrogens is 2. The first-order chi connectivity index (χ1) is 28.1. The van der Waals surface area contributed by atoms with E-state index in [0.29, 0.717) is 62.5 Å². The second kappa shape index (κ2) is 19.8. The van der Waals surface area contributed by atoms with Crippen molar-refractivity contribution in [2.75, 3.05) is 26.4 Å². The molecule has 2 aromatic heterocycles. The molecule has 302 valence electrons. The molecule has 0 saturated heterocycles. The summed E-state index contributed by atoms with van der Waals surface area (Å²) >= 11 is 0. The highest BCUT2D eigenvalue weighted by atomic mass is 16.5. The van der Waals surface area contributed by atoms with Crippen LogP contribution in [0.1, 0.15) is 47.9 Å². The topological polar surface area (TPSA) is 164 Å². The van der Waals surface area contributed by atoms with Crippen molar-refractivity contribution in [2.24, 2.45) is 0 Å². The van der Waals surface area contributed by atoms with E-state index in [4.69, 9.17) is 37.7 Å². The molecule has 2 N–H and O–H groups in total. The molecule has 58 heavy (non-hydrogen) atoms. The van der Waals surface area contributed by atoms with Crippen LogP contribution in [0.5, 0.6) is 11.5 Å². The van der Waals surface area contributed by atoms with E-state index < -0.39 is 24.1 Å². The lowest BCUT2D eigenvalue weighted by Gasteiger charge is -2.12. The summed E-state index contributed by atoms with van der Waals surface area (Å²) < 4.78 is 34.5. The number of carbonyl (C=O) groups is 2. The van der Waals surface area contributed by atoms with Gasteiger partial charge in [0, 0.05) is 50.0 Å². The summed E-state index contributed by atoms with van der Waals surface area (Å²) in [6.07, 6.45) is -0.0353. The standard InChI is InChI=1S/C46H48N2O10/c1-5-53-41(45(49)50)27-31-7-19-37(20-8-31)55-25-23-39-29(3)57-43(47-39)35-15-11-33(12-16-35)34-13-17-36(18-14-34)44-48-40(30(4)58-44)24-26-56-38-21-9-32(10-22-38)28-42(46(51)52)54-6-2/h7-22,41-42H,5-6,23-28H2,1-4H3,(H,49,50)(H,51,52)/t41-,42-/m0/s1. The van der Waals surface area contributed by atoms with Gasteiger partial charge in [-0.3, -0.25) is 0 Å². The average Bonchev–Trinajstić information content (AvgIpc) is 3.79. The molecule has 12 nitrogen and oxygen atoms in total. The van der Waals surface area contributed by atoms with Gasteiger partial charge in [-0.1, -0.05) is 48.5 Å². The number of hydrogen-bond donors (Lipinski definition) is 2. The number of carboxylic acids is 2. The molecule has 0 spiro atoms. The molecule has 0 unspecified atom stereocenters. The van der Waals surface area contributed by atoms with Crippen molar-refractivity contribution >= 4 is 11.9 Å². The van der Waals surface area contributed by atoms with Crippen molar-refractivity contribution in [3.05, 3.63) is 131 Å². The van der Waals surface area contributed by atoms with Gasteiger partial charge in [-0.2, -0.15) is 0 Å². The lowest BCUT2D eigenvalue weighted by Crippen LogP contribution is -2.26. The fourth-order valence-corrected chi connectivity index (χ4v) is 6.42. The summed E-state index contributed by atoms with van der Waals surface area (Å²) in [6, 6.07) is 30.9. The SMILES string of the molecule is CCO[C@@H](Cc1ccc(OCCc2nc(-c3ccc(-c4ccc(-c5nc(CCOc6ccc(C[C@H](OCC)C(=O)O)cc6)c(C)o5)cc4)cc3)oc2C)cc1)C(=O)O. The highest BCUT2D eigenvalue weighted by Crippen LogP contribution is 2.29. The Balaban J connectivity index is 0.981. The normalized spacial score (nSPS) is 12.3. The summed E-state index contributed by atoms with van der Waals surface area (Å²) in [7, 11) is 0. The average molecular weight is 789 g/mol. The maximum absolute atomic E-state index is 11.4. The zero-order valence-corrected chi connectivity index (χ0v) is 33.1. The summed E-state index contributed by atoms with van der Waals surface area (Å²) in [5, 5.41) is 18.7. The Hall–Kier alpha value is -6.24. The third-order valence-corrected chi connectivity index (χ3v) is 9.57. The molecular formula is C46H48N2O10. The Morgan fingerprint density at radius 3 is 1.22 bits per heavy atom. The summed E-state index contributed by atoms with van der Waals surface area (Å²) in [4.78, 5) is 32.3. The Morgan fingerprint density at radius 1 is 0.552 bits per heavy atom. The van der Waals surface area contributed by atoms with Gasteiger partial charge in [0.1, 0.15) is 23.0 Å². The highest BCUT2D eigenvalue weighted by Gasteiger charge is 2.19. The van der Waals surface area contributed by atoms with E-state index in [1.165, 1.54) is 0 Å². The van der Waals surface area contributed by atoms with Gasteiger partial charge in [0.05, 0.1) is 24.6 Å². The zero-order chi connectivity index (χ0) is 41.0. The zero-order valence-electron chi connectivity index (χ0n) is 33.1. The van der Waals surface area contributed by atoms with Gasteiger partial charge in [0.15, 0.2) is 12.2 Å². The minimum atomic E-state index is -0.975. The molecule has 4 aromatic carbocycles. The van der Waals surface area contributed by atoms with Crippen molar-refractivity contribution in [1.29, 1.82) is 0 Å². The van der Waals surface area contributed by atoms with Crippen molar-refractivity contribution in [3.8, 4) is 45.5 Å². The third kappa shape index (κ3) is 11.0. The van der Waals surface area contributed by atoms with Gasteiger partial charge in [-0.25, -0.2) is 19.6 Å². The molecule has 0 saturated carbocycles. The fraction of sp³-hybridized carbons (Fsp3) is 0.304. The monoisotopic (exact) mass is 788 g/mol. The molecule has 6 aromatic rings. The molecular weight excluding hydrogens is 741 g/mol. The largest absolute Gasteiger partial charge is 0.493 e. The van der Waals surface area contributed by atoms with Crippen LogP contribution in [0.15, 0.2) is 106 Å². The molecule has 0 aliphatic rings. The highest BCUT2D eigenvalue weighted by molar-refractivity contribution is 5.73. The summed E-state index contributed by atoms with van der Waals surface area (Å²) in [5.41, 5.74) is 7.18. The summed E-state index contributed by atoms with van der Waals surface area (Å²) in [6.45, 7) is 8.84. The van der Waals surface area contributed by atoms with Crippen LogP contribution < -0.4 is 9.47 Å². The van der Waals surface area contributed by atoms with Gasteiger partial charge in [-0.05, 0) is 98.5 Å². The van der Waals surface area contributed by atoms with Crippen LogP contribution in [0.4, 0.5) is 0 Å². The molecule has 0 aliphatic carbocycles. The van der Waals surface area contributed by atoms with E-state index in [-0.39, 0.29) is 12.8 Å². The van der Waals surface area contributed by atoms with Crippen LogP contribution in [0, 0.1) is 13.8 Å². The van der Waals surface area contributed by atoms with Crippen LogP contribution in [-0.4, -0.2) is 70.8 Å². The molecule has 0 amide bonds. The Kier molecular flexibility index (Phi) is 14.1. The smallest absolute Gasteiger partial charge is 0.333 e. The van der Waals surface area contributed by atoms with Crippen LogP contribution in [0.2, 0.25) is 0 Å². The number of aliphatic carboxylic acids is 2. The van der Waals surface area contributed by atoms with E-state index in [1.807, 2.05) is 111 Å². The van der Waals surface area contributed by atoms with Crippen molar-refractivity contribution < 1.29 is 47.6 Å². The van der Waals surface area contributed by atoms with Crippen molar-refractivity contribution in [1.82, 2.24) is 9.97 Å². The van der Waals surface area contributed by atoms with Crippen molar-refractivity contribution in [2.45, 2.75) is 65.6 Å². The lowest BCUT2D eigenvalue weighted by atomic mass is 10.0. The number of oxazole rings is 2. The van der Waals surface area contributed by atoms with Crippen LogP contribution in [-0.2, 0) is 44.7 Å². The molecule has 2 heterocycles. The molecule has 0 bridgehead atoms. The first-order valence-corrected chi connectivity index (χ1v) is 19.4. The number of rotatable bonds is 21. The number of benzene rings is 4. The number of ether oxygens (including phenoxy) is 4. The summed E-state index contributed by atoms with van der Waals surface area (Å²) in [5.74, 6) is 1.99. The Morgan fingerprint density at radius 2 is 0.897 bits per heavy atom. The van der Waals surface area contributed by atoms with Crippen LogP contribution in [0.25, 0.3) is 34.0 Å². The first kappa shape index (κ1) is 41.4. The second-order valence-corrected chi connectivity index (χ2v) is 13.7. The van der Waals surface area contributed by atoms with E-state index in [0.717, 1.165) is 56.3 Å². The van der Waals surface area contributed by atoms with Gasteiger partial charge in [0.25, 0.3) is 0 Å². The van der Waals surface area contributed by atoms with Gasteiger partial charge >= 0.3 is 11.9 Å². The van der Waals surface area contributed by atoms with Gasteiger partial charge in [0.2, 0.25) is 11.8 Å². The van der Waals surface area contributed by atoms with E-state index >= 15 is 0 Å². The third-order valence-electron chi connectivity index (χ3n) is 9.57. The molecule has 0 aliphatic heterocycles. The maximum Gasteiger partial charge on any atom is 0.333 e.